The zero-order chi connectivity index (χ0) is 9.26. The number of amides is 1. The maximum absolute atomic E-state index is 10.7. The number of carbonyl (C=O) groups is 1. The normalized spacial score (nSPS) is 17.8. The number of carbonyl (C=O) groups excluding carboxylic acids is 1. The summed E-state index contributed by atoms with van der Waals surface area (Å²) in [4.78, 5) is 15.2. The summed E-state index contributed by atoms with van der Waals surface area (Å²) >= 11 is 1.20. The minimum Gasteiger partial charge on any atom is -0.365 e. The number of thiazole rings is 1. The maximum Gasteiger partial charge on any atom is 0.260 e. The van der Waals surface area contributed by atoms with Crippen LogP contribution >= 0.6 is 11.3 Å². The van der Waals surface area contributed by atoms with Gasteiger partial charge < -0.3 is 15.2 Å². The zero-order valence-corrected chi connectivity index (χ0v) is 7.54. The molecule has 0 bridgehead atoms. The molecule has 1 saturated heterocycles. The predicted octanol–water partition coefficient (Wildman–Crippen LogP) is 0.287. The second-order valence-corrected chi connectivity index (χ2v) is 3.56. The highest BCUT2D eigenvalue weighted by molar-refractivity contribution is 7.13. The van der Waals surface area contributed by atoms with Crippen LogP contribution in [0.4, 0.5) is 0 Å². The number of ether oxygens (including phenoxy) is 2. The minimum absolute atomic E-state index is 0.418. The molecule has 2 heterocycles. The lowest BCUT2D eigenvalue weighted by Crippen LogP contribution is -2.08. The molecule has 2 rings (SSSR count). The van der Waals surface area contributed by atoms with Crippen molar-refractivity contribution in [2.75, 3.05) is 13.2 Å². The Labute approximate surface area is 78.5 Å². The SMILES string of the molecule is NC(=O)c1cnc(C2OCCO2)s1. The highest BCUT2D eigenvalue weighted by Crippen LogP contribution is 2.26. The summed E-state index contributed by atoms with van der Waals surface area (Å²) in [6, 6.07) is 0. The molecule has 5 nitrogen and oxygen atoms in total. The van der Waals surface area contributed by atoms with Gasteiger partial charge in [-0.3, -0.25) is 4.79 Å². The van der Waals surface area contributed by atoms with Crippen LogP contribution in [0, 0.1) is 0 Å². The van der Waals surface area contributed by atoms with Gasteiger partial charge in [-0.1, -0.05) is 0 Å². The maximum atomic E-state index is 10.7. The molecule has 6 heteroatoms. The van der Waals surface area contributed by atoms with Gasteiger partial charge in [-0.2, -0.15) is 0 Å². The van der Waals surface area contributed by atoms with Crippen molar-refractivity contribution in [3.8, 4) is 0 Å². The number of nitrogens with zero attached hydrogens (tertiary/aromatic N) is 1. The van der Waals surface area contributed by atoms with Crippen LogP contribution in [0.2, 0.25) is 0 Å². The van der Waals surface area contributed by atoms with Crippen LogP contribution in [-0.4, -0.2) is 24.1 Å². The Bertz CT molecular complexity index is 319. The van der Waals surface area contributed by atoms with Crippen LogP contribution in [0.1, 0.15) is 21.0 Å². The van der Waals surface area contributed by atoms with E-state index in [0.29, 0.717) is 23.1 Å². The third kappa shape index (κ3) is 1.69. The molecule has 1 aliphatic rings. The first-order valence-corrected chi connectivity index (χ1v) is 4.58. The topological polar surface area (TPSA) is 74.4 Å². The Kier molecular flexibility index (Phi) is 2.26. The largest absolute Gasteiger partial charge is 0.365 e. The lowest BCUT2D eigenvalue weighted by atomic mass is 10.5. The van der Waals surface area contributed by atoms with Gasteiger partial charge in [0.25, 0.3) is 5.91 Å². The van der Waals surface area contributed by atoms with Crippen LogP contribution < -0.4 is 5.73 Å². The lowest BCUT2D eigenvalue weighted by molar-refractivity contribution is -0.0442. The minimum atomic E-state index is -0.471. The standard InChI is InChI=1S/C7H8N2O3S/c8-5(10)4-3-9-6(13-4)7-11-1-2-12-7/h3,7H,1-2H2,(H2,8,10). The van der Waals surface area contributed by atoms with E-state index in [1.165, 1.54) is 17.5 Å². The smallest absolute Gasteiger partial charge is 0.260 e. The van der Waals surface area contributed by atoms with Crippen molar-refractivity contribution in [3.63, 3.8) is 0 Å². The average Bonchev–Trinajstić information content (AvgIpc) is 2.75. The molecule has 0 aromatic carbocycles. The summed E-state index contributed by atoms with van der Waals surface area (Å²) in [6.07, 6.45) is 1.02. The highest BCUT2D eigenvalue weighted by Gasteiger charge is 2.22. The number of primary amides is 1. The van der Waals surface area contributed by atoms with Gasteiger partial charge >= 0.3 is 0 Å². The number of aromatic nitrogens is 1. The zero-order valence-electron chi connectivity index (χ0n) is 6.73. The quantitative estimate of drug-likeness (QED) is 0.744. The Morgan fingerprint density at radius 2 is 2.31 bits per heavy atom. The Hall–Kier alpha value is -0.980. The van der Waals surface area contributed by atoms with Gasteiger partial charge in [0.2, 0.25) is 6.29 Å². The van der Waals surface area contributed by atoms with Gasteiger partial charge in [0, 0.05) is 0 Å². The third-order valence-corrected chi connectivity index (χ3v) is 2.62. The Morgan fingerprint density at radius 3 is 2.85 bits per heavy atom. The first kappa shape index (κ1) is 8.61. The van der Waals surface area contributed by atoms with Crippen molar-refractivity contribution in [2.45, 2.75) is 6.29 Å². The molecule has 0 atom stereocenters. The fourth-order valence-electron chi connectivity index (χ4n) is 1.01. The van der Waals surface area contributed by atoms with Crippen molar-refractivity contribution in [3.05, 3.63) is 16.1 Å². The molecule has 0 saturated carbocycles. The van der Waals surface area contributed by atoms with E-state index in [1.807, 2.05) is 0 Å². The molecule has 0 radical (unpaired) electrons. The van der Waals surface area contributed by atoms with Crippen LogP contribution in [0.5, 0.6) is 0 Å². The highest BCUT2D eigenvalue weighted by atomic mass is 32.1. The van der Waals surface area contributed by atoms with Crippen molar-refractivity contribution in [1.82, 2.24) is 4.98 Å². The molecule has 1 fully saturated rings. The molecule has 1 aliphatic heterocycles. The van der Waals surface area contributed by atoms with E-state index in [0.717, 1.165) is 0 Å². The molecular formula is C7H8N2O3S. The van der Waals surface area contributed by atoms with Crippen LogP contribution in [-0.2, 0) is 9.47 Å². The summed E-state index contributed by atoms with van der Waals surface area (Å²) in [6.45, 7) is 1.13. The van der Waals surface area contributed by atoms with Crippen LogP contribution in [0.3, 0.4) is 0 Å². The molecule has 13 heavy (non-hydrogen) atoms. The predicted molar refractivity (Wildman–Crippen MR) is 45.3 cm³/mol. The van der Waals surface area contributed by atoms with Gasteiger partial charge in [-0.15, -0.1) is 11.3 Å². The van der Waals surface area contributed by atoms with Crippen molar-refractivity contribution >= 4 is 17.2 Å². The molecule has 1 aromatic rings. The second-order valence-electron chi connectivity index (χ2n) is 2.50. The molecule has 0 unspecified atom stereocenters. The third-order valence-electron chi connectivity index (χ3n) is 1.59. The number of hydrogen-bond donors (Lipinski definition) is 1. The molecule has 1 aromatic heterocycles. The molecule has 0 aliphatic carbocycles. The van der Waals surface area contributed by atoms with Crippen LogP contribution in [0.25, 0.3) is 0 Å². The van der Waals surface area contributed by atoms with Gasteiger partial charge in [0.05, 0.1) is 19.4 Å². The van der Waals surface area contributed by atoms with E-state index in [2.05, 4.69) is 4.98 Å². The number of rotatable bonds is 2. The molecule has 1 amide bonds. The fraction of sp³-hybridized carbons (Fsp3) is 0.429. The first-order chi connectivity index (χ1) is 6.27. The van der Waals surface area contributed by atoms with Gasteiger partial charge in [0.1, 0.15) is 9.88 Å². The van der Waals surface area contributed by atoms with Crippen molar-refractivity contribution in [1.29, 1.82) is 0 Å². The van der Waals surface area contributed by atoms with Gasteiger partial charge in [-0.05, 0) is 0 Å². The summed E-state index contributed by atoms with van der Waals surface area (Å²) in [7, 11) is 0. The second kappa shape index (κ2) is 3.41. The van der Waals surface area contributed by atoms with Crippen molar-refractivity contribution < 1.29 is 14.3 Å². The molecule has 0 spiro atoms. The molecular weight excluding hydrogens is 192 g/mol. The van der Waals surface area contributed by atoms with E-state index in [1.54, 1.807) is 0 Å². The van der Waals surface area contributed by atoms with E-state index in [4.69, 9.17) is 15.2 Å². The average molecular weight is 200 g/mol. The van der Waals surface area contributed by atoms with Gasteiger partial charge in [-0.25, -0.2) is 4.98 Å². The van der Waals surface area contributed by atoms with Crippen LogP contribution in [0.15, 0.2) is 6.20 Å². The molecule has 2 N–H and O–H groups in total. The number of hydrogen-bond acceptors (Lipinski definition) is 5. The van der Waals surface area contributed by atoms with E-state index < -0.39 is 12.2 Å². The lowest BCUT2D eigenvalue weighted by Gasteiger charge is -2.02. The number of nitrogens with two attached hydrogens (primary N) is 1. The van der Waals surface area contributed by atoms with Crippen molar-refractivity contribution in [2.24, 2.45) is 5.73 Å². The first-order valence-electron chi connectivity index (χ1n) is 3.76. The Balaban J connectivity index is 2.16. The monoisotopic (exact) mass is 200 g/mol. The summed E-state index contributed by atoms with van der Waals surface area (Å²) in [5, 5.41) is 0.645. The summed E-state index contributed by atoms with van der Waals surface area (Å²) in [5.74, 6) is -0.471. The van der Waals surface area contributed by atoms with E-state index >= 15 is 0 Å². The Morgan fingerprint density at radius 1 is 1.62 bits per heavy atom. The van der Waals surface area contributed by atoms with Gasteiger partial charge in [0.15, 0.2) is 0 Å². The molecule has 70 valence electrons. The summed E-state index contributed by atoms with van der Waals surface area (Å²) in [5.41, 5.74) is 5.08. The van der Waals surface area contributed by atoms with E-state index in [-0.39, 0.29) is 0 Å². The fourth-order valence-corrected chi connectivity index (χ4v) is 1.78. The summed E-state index contributed by atoms with van der Waals surface area (Å²) < 4.78 is 10.4. The van der Waals surface area contributed by atoms with E-state index in [9.17, 15) is 4.79 Å².